The fourth-order valence-corrected chi connectivity index (χ4v) is 4.10. The molecular formula is C23H52N2. The molecule has 2 unspecified atom stereocenters. The zero-order valence-electron chi connectivity index (χ0n) is 19.9. The quantitative estimate of drug-likeness (QED) is 0.555. The van der Waals surface area contributed by atoms with Gasteiger partial charge >= 0.3 is 0 Å². The summed E-state index contributed by atoms with van der Waals surface area (Å²) in [6.45, 7) is 26.8. The Morgan fingerprint density at radius 3 is 1.60 bits per heavy atom. The minimum atomic E-state index is 0.439. The Bertz CT molecular complexity index is 296. The van der Waals surface area contributed by atoms with Crippen molar-refractivity contribution in [3.05, 3.63) is 0 Å². The highest BCUT2D eigenvalue weighted by molar-refractivity contribution is 4.93. The van der Waals surface area contributed by atoms with Crippen molar-refractivity contribution in [2.45, 2.75) is 119 Å². The lowest BCUT2D eigenvalue weighted by atomic mass is 10.0. The minimum Gasteiger partial charge on any atom is -0.300 e. The number of nitrogens with zero attached hydrogens (tertiary/aromatic N) is 2. The Labute approximate surface area is 161 Å². The number of likely N-dealkylation sites (tertiary alicyclic amines) is 2. The lowest BCUT2D eigenvalue weighted by molar-refractivity contribution is 0.141. The van der Waals surface area contributed by atoms with Gasteiger partial charge in [-0.05, 0) is 71.5 Å². The van der Waals surface area contributed by atoms with Crippen LogP contribution in [0.4, 0.5) is 0 Å². The van der Waals surface area contributed by atoms with E-state index >= 15 is 0 Å². The molecule has 0 radical (unpaired) electrons. The molecule has 2 aliphatic heterocycles. The van der Waals surface area contributed by atoms with Crippen LogP contribution in [0.3, 0.4) is 0 Å². The van der Waals surface area contributed by atoms with E-state index in [2.05, 4.69) is 65.3 Å². The number of hydrogen-bond donors (Lipinski definition) is 0. The molecule has 154 valence electrons. The smallest absolute Gasteiger partial charge is 0.0153 e. The van der Waals surface area contributed by atoms with Gasteiger partial charge < -0.3 is 4.90 Å². The second-order valence-corrected chi connectivity index (χ2v) is 8.36. The summed E-state index contributed by atoms with van der Waals surface area (Å²) in [5, 5.41) is 0. The van der Waals surface area contributed by atoms with Crippen LogP contribution in [0.15, 0.2) is 0 Å². The molecule has 2 aliphatic rings. The normalized spacial score (nSPS) is 25.7. The van der Waals surface area contributed by atoms with E-state index in [-0.39, 0.29) is 0 Å². The SMILES string of the molecule is CC.CC.CC(C)C1CCC(C)(C)N1C.CCN1CCCC1C(C)C. The number of rotatable bonds is 3. The molecule has 0 aromatic heterocycles. The molecule has 2 fully saturated rings. The minimum absolute atomic E-state index is 0.439. The van der Waals surface area contributed by atoms with Crippen molar-refractivity contribution < 1.29 is 0 Å². The van der Waals surface area contributed by atoms with Crippen molar-refractivity contribution >= 4 is 0 Å². The lowest BCUT2D eigenvalue weighted by Gasteiger charge is -2.33. The summed E-state index contributed by atoms with van der Waals surface area (Å²) in [5.41, 5.74) is 0.439. The summed E-state index contributed by atoms with van der Waals surface area (Å²) in [7, 11) is 2.26. The van der Waals surface area contributed by atoms with Crippen LogP contribution in [0.25, 0.3) is 0 Å². The van der Waals surface area contributed by atoms with E-state index in [4.69, 9.17) is 0 Å². The van der Waals surface area contributed by atoms with Gasteiger partial charge in [-0.15, -0.1) is 0 Å². The first-order valence-corrected chi connectivity index (χ1v) is 11.2. The standard InChI is InChI=1S/C10H21N.C9H19N.2C2H6/c1-8(2)9-6-7-10(3,4)11(9)5;1-4-10-7-5-6-9(10)8(2)3;2*1-2/h8-9H,6-7H2,1-5H3;8-9H,4-7H2,1-3H3;2*1-2H3. The van der Waals surface area contributed by atoms with Gasteiger partial charge in [0.1, 0.15) is 0 Å². The maximum atomic E-state index is 2.60. The van der Waals surface area contributed by atoms with E-state index in [0.29, 0.717) is 5.54 Å². The monoisotopic (exact) mass is 356 g/mol. The topological polar surface area (TPSA) is 6.48 Å². The summed E-state index contributed by atoms with van der Waals surface area (Å²) in [6.07, 6.45) is 5.57. The molecule has 2 heterocycles. The van der Waals surface area contributed by atoms with Crippen molar-refractivity contribution in [1.29, 1.82) is 0 Å². The van der Waals surface area contributed by atoms with Crippen LogP contribution in [0, 0.1) is 11.8 Å². The highest BCUT2D eigenvalue weighted by Gasteiger charge is 2.37. The van der Waals surface area contributed by atoms with Crippen molar-refractivity contribution in [2.24, 2.45) is 11.8 Å². The van der Waals surface area contributed by atoms with Crippen LogP contribution in [0.1, 0.15) is 102 Å². The fraction of sp³-hybridized carbons (Fsp3) is 1.00. The molecule has 0 aromatic carbocycles. The molecular weight excluding hydrogens is 304 g/mol. The van der Waals surface area contributed by atoms with Gasteiger partial charge in [-0.25, -0.2) is 0 Å². The van der Waals surface area contributed by atoms with Crippen LogP contribution in [0.2, 0.25) is 0 Å². The summed E-state index contributed by atoms with van der Waals surface area (Å²) in [5.74, 6) is 1.66. The first-order valence-electron chi connectivity index (χ1n) is 11.2. The van der Waals surface area contributed by atoms with E-state index < -0.39 is 0 Å². The Morgan fingerprint density at radius 1 is 0.880 bits per heavy atom. The predicted octanol–water partition coefficient (Wildman–Crippen LogP) is 6.69. The molecule has 2 rings (SSSR count). The zero-order valence-corrected chi connectivity index (χ0v) is 19.9. The van der Waals surface area contributed by atoms with Crippen molar-refractivity contribution in [3.8, 4) is 0 Å². The molecule has 0 bridgehead atoms. The highest BCUT2D eigenvalue weighted by atomic mass is 15.2. The molecule has 25 heavy (non-hydrogen) atoms. The van der Waals surface area contributed by atoms with E-state index in [0.717, 1.165) is 23.9 Å². The van der Waals surface area contributed by atoms with Crippen LogP contribution in [-0.2, 0) is 0 Å². The fourth-order valence-electron chi connectivity index (χ4n) is 4.10. The maximum Gasteiger partial charge on any atom is 0.0153 e. The van der Waals surface area contributed by atoms with E-state index in [1.165, 1.54) is 38.8 Å². The third kappa shape index (κ3) is 8.91. The number of hydrogen-bond acceptors (Lipinski definition) is 2. The van der Waals surface area contributed by atoms with Gasteiger partial charge in [-0.2, -0.15) is 0 Å². The summed E-state index contributed by atoms with van der Waals surface area (Å²) < 4.78 is 0. The molecule has 2 saturated heterocycles. The van der Waals surface area contributed by atoms with Crippen LogP contribution in [0.5, 0.6) is 0 Å². The second-order valence-electron chi connectivity index (χ2n) is 8.36. The Kier molecular flexibility index (Phi) is 15.2. The molecule has 0 saturated carbocycles. The van der Waals surface area contributed by atoms with Gasteiger partial charge in [0, 0.05) is 17.6 Å². The van der Waals surface area contributed by atoms with Gasteiger partial charge in [-0.3, -0.25) is 4.90 Å². The molecule has 0 amide bonds. The average Bonchev–Trinajstić information content (AvgIpc) is 3.17. The molecule has 2 heteroatoms. The molecule has 0 N–H and O–H groups in total. The van der Waals surface area contributed by atoms with Gasteiger partial charge in [0.2, 0.25) is 0 Å². The summed E-state index contributed by atoms with van der Waals surface area (Å²) in [4.78, 5) is 5.14. The van der Waals surface area contributed by atoms with Crippen molar-refractivity contribution in [3.63, 3.8) is 0 Å². The van der Waals surface area contributed by atoms with Crippen LogP contribution >= 0.6 is 0 Å². The van der Waals surface area contributed by atoms with E-state index in [9.17, 15) is 0 Å². The van der Waals surface area contributed by atoms with Gasteiger partial charge in [0.15, 0.2) is 0 Å². The first kappa shape index (κ1) is 27.1. The van der Waals surface area contributed by atoms with E-state index in [1.54, 1.807) is 0 Å². The Hall–Kier alpha value is -0.0800. The van der Waals surface area contributed by atoms with Crippen molar-refractivity contribution in [2.75, 3.05) is 20.1 Å². The van der Waals surface area contributed by atoms with Gasteiger partial charge in [0.25, 0.3) is 0 Å². The van der Waals surface area contributed by atoms with Crippen LogP contribution in [-0.4, -0.2) is 47.6 Å². The molecule has 2 atom stereocenters. The zero-order chi connectivity index (χ0) is 20.2. The first-order chi connectivity index (χ1) is 11.7. The van der Waals surface area contributed by atoms with Gasteiger partial charge in [-0.1, -0.05) is 62.3 Å². The molecule has 0 spiro atoms. The lowest BCUT2D eigenvalue weighted by Crippen LogP contribution is -2.41. The predicted molar refractivity (Wildman–Crippen MR) is 118 cm³/mol. The van der Waals surface area contributed by atoms with E-state index in [1.807, 2.05) is 27.7 Å². The van der Waals surface area contributed by atoms with Gasteiger partial charge in [0.05, 0.1) is 0 Å². The summed E-state index contributed by atoms with van der Waals surface area (Å²) in [6, 6.07) is 1.69. The molecule has 2 nitrogen and oxygen atoms in total. The van der Waals surface area contributed by atoms with Crippen LogP contribution < -0.4 is 0 Å². The Morgan fingerprint density at radius 2 is 1.36 bits per heavy atom. The average molecular weight is 357 g/mol. The second kappa shape index (κ2) is 14.0. The molecule has 0 aromatic rings. The largest absolute Gasteiger partial charge is 0.300 e. The Balaban J connectivity index is 0. The highest BCUT2D eigenvalue weighted by Crippen LogP contribution is 2.34. The molecule has 0 aliphatic carbocycles. The maximum absolute atomic E-state index is 2.60. The third-order valence-corrected chi connectivity index (χ3v) is 5.86. The van der Waals surface area contributed by atoms with Crippen molar-refractivity contribution in [1.82, 2.24) is 9.80 Å². The third-order valence-electron chi connectivity index (χ3n) is 5.86. The summed E-state index contributed by atoms with van der Waals surface area (Å²) >= 11 is 0.